The summed E-state index contributed by atoms with van der Waals surface area (Å²) in [5.41, 5.74) is 1.15. The third kappa shape index (κ3) is 4.42. The summed E-state index contributed by atoms with van der Waals surface area (Å²) >= 11 is 0. The second kappa shape index (κ2) is 4.37. The van der Waals surface area contributed by atoms with E-state index in [9.17, 15) is 0 Å². The van der Waals surface area contributed by atoms with Gasteiger partial charge in [-0.25, -0.2) is 0 Å². The fourth-order valence-electron chi connectivity index (χ4n) is 0.643. The molecule has 1 heteroatoms. The summed E-state index contributed by atoms with van der Waals surface area (Å²) in [6.07, 6.45) is 1.25. The van der Waals surface area contributed by atoms with Gasteiger partial charge in [-0.2, -0.15) is 0 Å². The van der Waals surface area contributed by atoms with Gasteiger partial charge in [0.05, 0.1) is 0 Å². The Bertz CT molecular complexity index is 105. The highest BCUT2D eigenvalue weighted by Gasteiger charge is 1.97. The van der Waals surface area contributed by atoms with Gasteiger partial charge in [0.1, 0.15) is 0 Å². The molecule has 0 amide bonds. The number of nitrogens with zero attached hydrogens (tertiary/aromatic N) is 1. The molecule has 0 aliphatic heterocycles. The molecule has 0 atom stereocenters. The average Bonchev–Trinajstić information content (AvgIpc) is 1.82. The molecular formula is C9H19N. The van der Waals surface area contributed by atoms with Crippen molar-refractivity contribution in [3.63, 3.8) is 0 Å². The Morgan fingerprint density at radius 1 is 1.50 bits per heavy atom. The standard InChI is InChI=1S/C9H19N/c1-8(2)6-7-10(5)9(3)4/h8H,3,6-7H2,1-2,4-5H3. The smallest absolute Gasteiger partial charge is 0.0173 e. The molecule has 0 saturated carbocycles. The summed E-state index contributed by atoms with van der Waals surface area (Å²) in [5.74, 6) is 0.793. The summed E-state index contributed by atoms with van der Waals surface area (Å²) in [7, 11) is 2.09. The second-order valence-corrected chi connectivity index (χ2v) is 3.34. The predicted octanol–water partition coefficient (Wildman–Crippen LogP) is 2.50. The van der Waals surface area contributed by atoms with E-state index in [2.05, 4.69) is 32.4 Å². The van der Waals surface area contributed by atoms with E-state index < -0.39 is 0 Å². The molecule has 0 aromatic carbocycles. The molecule has 0 heterocycles. The van der Waals surface area contributed by atoms with Crippen LogP contribution in [0.4, 0.5) is 0 Å². The first-order valence-electron chi connectivity index (χ1n) is 3.90. The zero-order valence-corrected chi connectivity index (χ0v) is 7.65. The molecule has 0 fully saturated rings. The first-order valence-corrected chi connectivity index (χ1v) is 3.90. The summed E-state index contributed by atoms with van der Waals surface area (Å²) in [6, 6.07) is 0. The summed E-state index contributed by atoms with van der Waals surface area (Å²) < 4.78 is 0. The topological polar surface area (TPSA) is 3.24 Å². The van der Waals surface area contributed by atoms with Gasteiger partial charge in [-0.3, -0.25) is 0 Å². The molecule has 60 valence electrons. The van der Waals surface area contributed by atoms with E-state index in [0.717, 1.165) is 18.2 Å². The van der Waals surface area contributed by atoms with Gasteiger partial charge < -0.3 is 4.90 Å². The lowest BCUT2D eigenvalue weighted by atomic mass is 10.1. The molecule has 0 rings (SSSR count). The van der Waals surface area contributed by atoms with Crippen LogP contribution in [0, 0.1) is 5.92 Å². The Morgan fingerprint density at radius 2 is 2.00 bits per heavy atom. The minimum absolute atomic E-state index is 0.793. The van der Waals surface area contributed by atoms with Crippen LogP contribution in [0.5, 0.6) is 0 Å². The lowest BCUT2D eigenvalue weighted by Crippen LogP contribution is -2.17. The molecule has 0 radical (unpaired) electrons. The van der Waals surface area contributed by atoms with Crippen LogP contribution >= 0.6 is 0 Å². The quantitative estimate of drug-likeness (QED) is 0.581. The van der Waals surface area contributed by atoms with E-state index in [0.29, 0.717) is 0 Å². The van der Waals surface area contributed by atoms with Gasteiger partial charge in [0.25, 0.3) is 0 Å². The normalized spacial score (nSPS) is 10.1. The van der Waals surface area contributed by atoms with Crippen LogP contribution in [0.25, 0.3) is 0 Å². The van der Waals surface area contributed by atoms with Crippen molar-refractivity contribution in [2.45, 2.75) is 27.2 Å². The Labute approximate surface area is 64.7 Å². The van der Waals surface area contributed by atoms with Crippen LogP contribution in [0.15, 0.2) is 12.3 Å². The maximum atomic E-state index is 3.86. The van der Waals surface area contributed by atoms with Crippen LogP contribution < -0.4 is 0 Å². The fourth-order valence-corrected chi connectivity index (χ4v) is 0.643. The monoisotopic (exact) mass is 141 g/mol. The Balaban J connectivity index is 3.40. The van der Waals surface area contributed by atoms with Gasteiger partial charge in [-0.15, -0.1) is 0 Å². The first-order chi connectivity index (χ1) is 4.54. The first kappa shape index (κ1) is 9.54. The minimum Gasteiger partial charge on any atom is -0.379 e. The average molecular weight is 141 g/mol. The van der Waals surface area contributed by atoms with E-state index >= 15 is 0 Å². The summed E-state index contributed by atoms with van der Waals surface area (Å²) in [5, 5.41) is 0. The third-order valence-corrected chi connectivity index (χ3v) is 1.69. The van der Waals surface area contributed by atoms with E-state index in [1.165, 1.54) is 6.42 Å². The van der Waals surface area contributed by atoms with Gasteiger partial charge in [0.2, 0.25) is 0 Å². The minimum atomic E-state index is 0.793. The van der Waals surface area contributed by atoms with Crippen LogP contribution in [-0.2, 0) is 0 Å². The van der Waals surface area contributed by atoms with E-state index in [1.54, 1.807) is 0 Å². The molecule has 0 aliphatic carbocycles. The highest BCUT2D eigenvalue weighted by Crippen LogP contribution is 2.03. The maximum absolute atomic E-state index is 3.86. The summed E-state index contributed by atoms with van der Waals surface area (Å²) in [6.45, 7) is 11.5. The molecule has 0 unspecified atom stereocenters. The van der Waals surface area contributed by atoms with Gasteiger partial charge in [-0.05, 0) is 19.3 Å². The SMILES string of the molecule is C=C(C)N(C)CCC(C)C. The van der Waals surface area contributed by atoms with Gasteiger partial charge in [-0.1, -0.05) is 20.4 Å². The Kier molecular flexibility index (Phi) is 4.17. The summed E-state index contributed by atoms with van der Waals surface area (Å²) in [4.78, 5) is 2.19. The van der Waals surface area contributed by atoms with Gasteiger partial charge >= 0.3 is 0 Å². The number of hydrogen-bond acceptors (Lipinski definition) is 1. The number of rotatable bonds is 4. The Hall–Kier alpha value is -0.460. The van der Waals surface area contributed by atoms with E-state index in [1.807, 2.05) is 6.92 Å². The van der Waals surface area contributed by atoms with Crippen LogP contribution in [0.3, 0.4) is 0 Å². The largest absolute Gasteiger partial charge is 0.379 e. The van der Waals surface area contributed by atoms with E-state index in [4.69, 9.17) is 0 Å². The van der Waals surface area contributed by atoms with Crippen molar-refractivity contribution in [2.24, 2.45) is 5.92 Å². The van der Waals surface area contributed by atoms with Crippen LogP contribution in [0.2, 0.25) is 0 Å². The van der Waals surface area contributed by atoms with Crippen molar-refractivity contribution in [3.8, 4) is 0 Å². The second-order valence-electron chi connectivity index (χ2n) is 3.34. The molecule has 10 heavy (non-hydrogen) atoms. The highest BCUT2D eigenvalue weighted by molar-refractivity contribution is 4.85. The van der Waals surface area contributed by atoms with E-state index in [-0.39, 0.29) is 0 Å². The van der Waals surface area contributed by atoms with Crippen molar-refractivity contribution in [1.29, 1.82) is 0 Å². The molecule has 0 aromatic heterocycles. The molecule has 1 nitrogen and oxygen atoms in total. The van der Waals surface area contributed by atoms with Crippen molar-refractivity contribution in [3.05, 3.63) is 12.3 Å². The fraction of sp³-hybridized carbons (Fsp3) is 0.778. The van der Waals surface area contributed by atoms with Crippen LogP contribution in [0.1, 0.15) is 27.2 Å². The zero-order valence-electron chi connectivity index (χ0n) is 7.65. The number of allylic oxidation sites excluding steroid dienone is 1. The lowest BCUT2D eigenvalue weighted by molar-refractivity contribution is 0.379. The molecule has 0 N–H and O–H groups in total. The Morgan fingerprint density at radius 3 is 2.30 bits per heavy atom. The van der Waals surface area contributed by atoms with Crippen molar-refractivity contribution < 1.29 is 0 Å². The van der Waals surface area contributed by atoms with Crippen molar-refractivity contribution >= 4 is 0 Å². The third-order valence-electron chi connectivity index (χ3n) is 1.69. The van der Waals surface area contributed by atoms with Crippen molar-refractivity contribution in [2.75, 3.05) is 13.6 Å². The highest BCUT2D eigenvalue weighted by atomic mass is 15.1. The molecular weight excluding hydrogens is 122 g/mol. The lowest BCUT2D eigenvalue weighted by Gasteiger charge is -2.19. The molecule has 0 spiro atoms. The molecule has 0 saturated heterocycles. The predicted molar refractivity (Wildman–Crippen MR) is 46.9 cm³/mol. The van der Waals surface area contributed by atoms with Crippen molar-refractivity contribution in [1.82, 2.24) is 4.90 Å². The maximum Gasteiger partial charge on any atom is 0.0173 e. The molecule has 0 bridgehead atoms. The molecule has 0 aromatic rings. The number of hydrogen-bond donors (Lipinski definition) is 0. The molecule has 0 aliphatic rings. The zero-order chi connectivity index (χ0) is 8.15. The van der Waals surface area contributed by atoms with Gasteiger partial charge in [0.15, 0.2) is 0 Å². The van der Waals surface area contributed by atoms with Crippen LogP contribution in [-0.4, -0.2) is 18.5 Å². The van der Waals surface area contributed by atoms with Gasteiger partial charge in [0, 0.05) is 19.3 Å².